The molecule has 7 heteroatoms. The monoisotopic (exact) mass is 401 g/mol. The second-order valence-corrected chi connectivity index (χ2v) is 8.83. The molecule has 3 rings (SSSR count). The van der Waals surface area contributed by atoms with Gasteiger partial charge in [-0.2, -0.15) is 0 Å². The Balaban J connectivity index is 1.92. The molecule has 0 aromatic heterocycles. The number of ether oxygens (including phenoxy) is 1. The van der Waals surface area contributed by atoms with Crippen molar-refractivity contribution in [2.24, 2.45) is 0 Å². The van der Waals surface area contributed by atoms with E-state index < -0.39 is 21.9 Å². The maximum absolute atomic E-state index is 13.1. The Morgan fingerprint density at radius 1 is 0.929 bits per heavy atom. The van der Waals surface area contributed by atoms with Crippen LogP contribution in [0.2, 0.25) is 0 Å². The molecule has 1 amide bonds. The lowest BCUT2D eigenvalue weighted by molar-refractivity contribution is -0.142. The van der Waals surface area contributed by atoms with Crippen LogP contribution in [0, 0.1) is 0 Å². The number of hydrogen-bond acceptors (Lipinski definition) is 5. The summed E-state index contributed by atoms with van der Waals surface area (Å²) in [4.78, 5) is 27.5. The number of carbonyl (C=O) groups excluding carboxylic acids is 2. The summed E-state index contributed by atoms with van der Waals surface area (Å²) >= 11 is 0. The zero-order chi connectivity index (χ0) is 20.1. The van der Waals surface area contributed by atoms with E-state index in [1.54, 1.807) is 41.3 Å². The fraction of sp³-hybridized carbons (Fsp3) is 0.333. The smallest absolute Gasteiger partial charge is 0.340 e. The van der Waals surface area contributed by atoms with Gasteiger partial charge < -0.3 is 9.64 Å². The van der Waals surface area contributed by atoms with E-state index >= 15 is 0 Å². The SMILES string of the molecule is CS(=O)(=O)c1ccccc1C(=O)OC(C(=O)N1CCCCC1)c1ccccc1. The van der Waals surface area contributed by atoms with Gasteiger partial charge in [0.05, 0.1) is 10.5 Å². The van der Waals surface area contributed by atoms with Crippen molar-refractivity contribution in [2.45, 2.75) is 30.3 Å². The Morgan fingerprint density at radius 2 is 1.54 bits per heavy atom. The average molecular weight is 401 g/mol. The summed E-state index contributed by atoms with van der Waals surface area (Å²) in [6.45, 7) is 1.25. The zero-order valence-electron chi connectivity index (χ0n) is 15.7. The summed E-state index contributed by atoms with van der Waals surface area (Å²) in [5.41, 5.74) is 0.487. The van der Waals surface area contributed by atoms with Crippen molar-refractivity contribution in [2.75, 3.05) is 19.3 Å². The van der Waals surface area contributed by atoms with Gasteiger partial charge in [-0.1, -0.05) is 42.5 Å². The summed E-state index contributed by atoms with van der Waals surface area (Å²) in [6, 6.07) is 14.7. The van der Waals surface area contributed by atoms with E-state index in [0.29, 0.717) is 18.7 Å². The first-order valence-corrected chi connectivity index (χ1v) is 11.1. The van der Waals surface area contributed by atoms with Crippen LogP contribution in [-0.4, -0.2) is 44.5 Å². The van der Waals surface area contributed by atoms with Gasteiger partial charge in [-0.25, -0.2) is 13.2 Å². The fourth-order valence-electron chi connectivity index (χ4n) is 3.30. The molecule has 1 aliphatic heterocycles. The second kappa shape index (κ2) is 8.56. The average Bonchev–Trinajstić information content (AvgIpc) is 2.72. The van der Waals surface area contributed by atoms with E-state index in [4.69, 9.17) is 4.74 Å². The molecule has 0 spiro atoms. The van der Waals surface area contributed by atoms with Gasteiger partial charge in [-0.05, 0) is 31.4 Å². The highest BCUT2D eigenvalue weighted by molar-refractivity contribution is 7.90. The molecule has 1 fully saturated rings. The zero-order valence-corrected chi connectivity index (χ0v) is 16.5. The standard InChI is InChI=1S/C21H23NO5S/c1-28(25,26)18-13-7-6-12-17(18)21(24)27-19(16-10-4-2-5-11-16)20(23)22-14-8-3-9-15-22/h2,4-7,10-13,19H,3,8-9,14-15H2,1H3. The Kier molecular flexibility index (Phi) is 6.14. The molecule has 1 unspecified atom stereocenters. The molecule has 28 heavy (non-hydrogen) atoms. The molecule has 0 saturated carbocycles. The third kappa shape index (κ3) is 4.59. The van der Waals surface area contributed by atoms with Gasteiger partial charge >= 0.3 is 5.97 Å². The first-order chi connectivity index (χ1) is 13.4. The van der Waals surface area contributed by atoms with E-state index in [0.717, 1.165) is 25.5 Å². The molecule has 1 saturated heterocycles. The minimum Gasteiger partial charge on any atom is -0.444 e. The number of hydrogen-bond donors (Lipinski definition) is 0. The van der Waals surface area contributed by atoms with Crippen LogP contribution in [0.25, 0.3) is 0 Å². The van der Waals surface area contributed by atoms with Crippen LogP contribution < -0.4 is 0 Å². The second-order valence-electron chi connectivity index (χ2n) is 6.85. The van der Waals surface area contributed by atoms with Crippen LogP contribution in [0.1, 0.15) is 41.3 Å². The van der Waals surface area contributed by atoms with Gasteiger partial charge in [0.15, 0.2) is 9.84 Å². The third-order valence-electron chi connectivity index (χ3n) is 4.73. The number of benzene rings is 2. The van der Waals surface area contributed by atoms with Gasteiger partial charge in [0.25, 0.3) is 5.91 Å². The van der Waals surface area contributed by atoms with Crippen LogP contribution in [-0.2, 0) is 19.4 Å². The molecule has 0 radical (unpaired) electrons. The lowest BCUT2D eigenvalue weighted by Crippen LogP contribution is -2.40. The fourth-order valence-corrected chi connectivity index (χ4v) is 4.17. The molecule has 2 aromatic carbocycles. The molecule has 1 aliphatic rings. The minimum absolute atomic E-state index is 0.0719. The quantitative estimate of drug-likeness (QED) is 0.720. The molecule has 1 atom stereocenters. The normalized spacial score (nSPS) is 15.7. The lowest BCUT2D eigenvalue weighted by Gasteiger charge is -2.30. The lowest BCUT2D eigenvalue weighted by atomic mass is 10.1. The van der Waals surface area contributed by atoms with Crippen molar-refractivity contribution in [3.05, 3.63) is 65.7 Å². The molecule has 0 N–H and O–H groups in total. The molecule has 2 aromatic rings. The van der Waals surface area contributed by atoms with E-state index in [-0.39, 0.29) is 16.4 Å². The van der Waals surface area contributed by atoms with Gasteiger partial charge in [0.1, 0.15) is 0 Å². The van der Waals surface area contributed by atoms with E-state index in [1.165, 1.54) is 12.1 Å². The van der Waals surface area contributed by atoms with Gasteiger partial charge in [0, 0.05) is 24.9 Å². The first kappa shape index (κ1) is 20.1. The molecule has 6 nitrogen and oxygen atoms in total. The molecule has 0 bridgehead atoms. The molecule has 0 aliphatic carbocycles. The van der Waals surface area contributed by atoms with Crippen molar-refractivity contribution < 1.29 is 22.7 Å². The van der Waals surface area contributed by atoms with Crippen molar-refractivity contribution in [3.8, 4) is 0 Å². The highest BCUT2D eigenvalue weighted by Crippen LogP contribution is 2.25. The van der Waals surface area contributed by atoms with Crippen LogP contribution in [0.15, 0.2) is 59.5 Å². The number of piperidine rings is 1. The summed E-state index contributed by atoms with van der Waals surface area (Å²) in [5.74, 6) is -1.11. The highest BCUT2D eigenvalue weighted by Gasteiger charge is 2.31. The number of esters is 1. The van der Waals surface area contributed by atoms with Crippen molar-refractivity contribution >= 4 is 21.7 Å². The number of carbonyl (C=O) groups is 2. The minimum atomic E-state index is -3.62. The number of likely N-dealkylation sites (tertiary alicyclic amines) is 1. The Bertz CT molecular complexity index is 950. The molecule has 148 valence electrons. The summed E-state index contributed by atoms with van der Waals surface area (Å²) in [6.07, 6.45) is 2.82. The van der Waals surface area contributed by atoms with E-state index in [1.807, 2.05) is 6.07 Å². The van der Waals surface area contributed by atoms with Crippen LogP contribution in [0.5, 0.6) is 0 Å². The maximum Gasteiger partial charge on any atom is 0.340 e. The number of nitrogens with zero attached hydrogens (tertiary/aromatic N) is 1. The van der Waals surface area contributed by atoms with Crippen LogP contribution >= 0.6 is 0 Å². The predicted octanol–water partition coefficient (Wildman–Crippen LogP) is 3.00. The van der Waals surface area contributed by atoms with Gasteiger partial charge in [-0.15, -0.1) is 0 Å². The summed E-state index contributed by atoms with van der Waals surface area (Å²) in [7, 11) is -3.62. The van der Waals surface area contributed by atoms with E-state index in [2.05, 4.69) is 0 Å². The molecular weight excluding hydrogens is 378 g/mol. The van der Waals surface area contributed by atoms with Crippen molar-refractivity contribution in [1.29, 1.82) is 0 Å². The summed E-state index contributed by atoms with van der Waals surface area (Å²) in [5, 5.41) is 0. The van der Waals surface area contributed by atoms with Gasteiger partial charge in [-0.3, -0.25) is 4.79 Å². The van der Waals surface area contributed by atoms with Crippen LogP contribution in [0.4, 0.5) is 0 Å². The first-order valence-electron chi connectivity index (χ1n) is 9.22. The number of amides is 1. The highest BCUT2D eigenvalue weighted by atomic mass is 32.2. The number of sulfone groups is 1. The van der Waals surface area contributed by atoms with Crippen molar-refractivity contribution in [1.82, 2.24) is 4.90 Å². The number of rotatable bonds is 5. The van der Waals surface area contributed by atoms with Gasteiger partial charge in [0.2, 0.25) is 6.10 Å². The Hall–Kier alpha value is -2.67. The predicted molar refractivity (Wildman–Crippen MR) is 105 cm³/mol. The van der Waals surface area contributed by atoms with Crippen molar-refractivity contribution in [3.63, 3.8) is 0 Å². The van der Waals surface area contributed by atoms with E-state index in [9.17, 15) is 18.0 Å². The molecule has 1 heterocycles. The topological polar surface area (TPSA) is 80.7 Å². The largest absolute Gasteiger partial charge is 0.444 e. The summed E-state index contributed by atoms with van der Waals surface area (Å²) < 4.78 is 29.6. The third-order valence-corrected chi connectivity index (χ3v) is 5.88. The van der Waals surface area contributed by atoms with Crippen LogP contribution in [0.3, 0.4) is 0 Å². The molecular formula is C21H23NO5S. The Labute approximate surface area is 165 Å². The maximum atomic E-state index is 13.1. The Morgan fingerprint density at radius 3 is 2.18 bits per heavy atom.